The normalized spacial score (nSPS) is 21.0. The Labute approximate surface area is 159 Å². The molecule has 2 unspecified atom stereocenters. The largest absolute Gasteiger partial charge is 0.0622 e. The van der Waals surface area contributed by atoms with Gasteiger partial charge in [0.25, 0.3) is 0 Å². The summed E-state index contributed by atoms with van der Waals surface area (Å²) in [5, 5.41) is 3.07. The van der Waals surface area contributed by atoms with Crippen LogP contribution in [0.1, 0.15) is 37.7 Å². The van der Waals surface area contributed by atoms with Gasteiger partial charge in [-0.2, -0.15) is 0 Å². The molecule has 26 heavy (non-hydrogen) atoms. The highest BCUT2D eigenvalue weighted by molar-refractivity contribution is 7.73. The second-order valence-corrected chi connectivity index (χ2v) is 9.84. The molecule has 0 amide bonds. The Morgan fingerprint density at radius 3 is 1.73 bits per heavy atom. The molecule has 3 aromatic carbocycles. The first kappa shape index (κ1) is 17.5. The van der Waals surface area contributed by atoms with Crippen molar-refractivity contribution >= 4 is 18.5 Å². The molecular formula is C25H27P. The third kappa shape index (κ3) is 3.62. The van der Waals surface area contributed by atoms with Gasteiger partial charge in [0.05, 0.1) is 0 Å². The van der Waals surface area contributed by atoms with E-state index in [4.69, 9.17) is 0 Å². The lowest BCUT2D eigenvalue weighted by molar-refractivity contribution is 0.468. The maximum absolute atomic E-state index is 2.45. The highest BCUT2D eigenvalue weighted by Crippen LogP contribution is 2.53. The van der Waals surface area contributed by atoms with Crippen LogP contribution in [0.25, 0.3) is 0 Å². The molecule has 1 heteroatoms. The molecule has 4 rings (SSSR count). The zero-order valence-corrected chi connectivity index (χ0v) is 16.4. The maximum atomic E-state index is 2.45. The van der Waals surface area contributed by atoms with Crippen LogP contribution >= 0.6 is 7.92 Å². The predicted molar refractivity (Wildman–Crippen MR) is 115 cm³/mol. The van der Waals surface area contributed by atoms with E-state index in [0.29, 0.717) is 5.92 Å². The first-order valence-electron chi connectivity index (χ1n) is 9.79. The summed E-state index contributed by atoms with van der Waals surface area (Å²) in [5.41, 5.74) is 2.27. The van der Waals surface area contributed by atoms with Crippen molar-refractivity contribution < 1.29 is 0 Å². The summed E-state index contributed by atoms with van der Waals surface area (Å²) in [6.07, 6.45) is 4.08. The summed E-state index contributed by atoms with van der Waals surface area (Å²) in [6.45, 7) is 2.45. The van der Waals surface area contributed by atoms with Gasteiger partial charge < -0.3 is 0 Å². The molecule has 0 aromatic heterocycles. The lowest BCUT2D eigenvalue weighted by atomic mass is 9.86. The minimum Gasteiger partial charge on any atom is -0.0622 e. The van der Waals surface area contributed by atoms with Crippen molar-refractivity contribution in [1.82, 2.24) is 0 Å². The van der Waals surface area contributed by atoms with Crippen molar-refractivity contribution in [2.45, 2.75) is 37.8 Å². The molecule has 132 valence electrons. The van der Waals surface area contributed by atoms with Crippen molar-refractivity contribution in [3.63, 3.8) is 0 Å². The SMILES string of the molecule is C[C@@H](c1ccccc1)C1CCCC1P(c1ccccc1)c1ccccc1. The van der Waals surface area contributed by atoms with Crippen molar-refractivity contribution in [2.75, 3.05) is 0 Å². The van der Waals surface area contributed by atoms with Gasteiger partial charge in [0.1, 0.15) is 0 Å². The number of rotatable bonds is 5. The molecule has 0 radical (unpaired) electrons. The van der Waals surface area contributed by atoms with E-state index in [1.807, 2.05) is 0 Å². The van der Waals surface area contributed by atoms with Gasteiger partial charge in [-0.3, -0.25) is 0 Å². The Morgan fingerprint density at radius 2 is 1.19 bits per heavy atom. The average molecular weight is 358 g/mol. The summed E-state index contributed by atoms with van der Waals surface area (Å²) >= 11 is 0. The van der Waals surface area contributed by atoms with Gasteiger partial charge in [0.2, 0.25) is 0 Å². The van der Waals surface area contributed by atoms with E-state index in [1.54, 1.807) is 0 Å². The highest BCUT2D eigenvalue weighted by Gasteiger charge is 2.38. The Kier molecular flexibility index (Phi) is 5.51. The van der Waals surface area contributed by atoms with Crippen LogP contribution in [0.5, 0.6) is 0 Å². The van der Waals surface area contributed by atoms with Crippen LogP contribution in [0.15, 0.2) is 91.0 Å². The molecule has 3 aromatic rings. The van der Waals surface area contributed by atoms with Crippen molar-refractivity contribution in [3.8, 4) is 0 Å². The zero-order chi connectivity index (χ0) is 17.8. The van der Waals surface area contributed by atoms with Crippen molar-refractivity contribution in [3.05, 3.63) is 96.6 Å². The van der Waals surface area contributed by atoms with Crippen LogP contribution in [-0.4, -0.2) is 5.66 Å². The summed E-state index contributed by atoms with van der Waals surface area (Å²) in [7, 11) is -0.314. The fourth-order valence-electron chi connectivity index (χ4n) is 4.59. The van der Waals surface area contributed by atoms with E-state index in [-0.39, 0.29) is 7.92 Å². The topological polar surface area (TPSA) is 0 Å². The monoisotopic (exact) mass is 358 g/mol. The van der Waals surface area contributed by atoms with Gasteiger partial charge in [0.15, 0.2) is 0 Å². The summed E-state index contributed by atoms with van der Waals surface area (Å²) < 4.78 is 0. The van der Waals surface area contributed by atoms with Crippen LogP contribution in [0.4, 0.5) is 0 Å². The third-order valence-corrected chi connectivity index (χ3v) is 8.91. The first-order chi connectivity index (χ1) is 12.8. The van der Waals surface area contributed by atoms with Gasteiger partial charge in [0, 0.05) is 0 Å². The second-order valence-electron chi connectivity index (χ2n) is 7.40. The number of hydrogen-bond acceptors (Lipinski definition) is 0. The molecule has 0 spiro atoms. The maximum Gasteiger partial charge on any atom is -0.00947 e. The molecule has 0 saturated heterocycles. The van der Waals surface area contributed by atoms with Crippen molar-refractivity contribution in [2.24, 2.45) is 5.92 Å². The van der Waals surface area contributed by atoms with Crippen LogP contribution in [0.2, 0.25) is 0 Å². The molecule has 3 atom stereocenters. The Morgan fingerprint density at radius 1 is 0.692 bits per heavy atom. The van der Waals surface area contributed by atoms with E-state index in [0.717, 1.165) is 11.6 Å². The third-order valence-electron chi connectivity index (χ3n) is 5.90. The Hall–Kier alpha value is -1.91. The Balaban J connectivity index is 1.71. The quantitative estimate of drug-likeness (QED) is 0.484. The smallest absolute Gasteiger partial charge is 0.00947 e. The fraction of sp³-hybridized carbons (Fsp3) is 0.280. The molecule has 1 aliphatic rings. The van der Waals surface area contributed by atoms with Crippen molar-refractivity contribution in [1.29, 1.82) is 0 Å². The van der Waals surface area contributed by atoms with E-state index in [1.165, 1.54) is 35.4 Å². The molecule has 0 N–H and O–H groups in total. The lowest BCUT2D eigenvalue weighted by Gasteiger charge is -2.33. The molecule has 1 saturated carbocycles. The summed E-state index contributed by atoms with van der Waals surface area (Å²) in [5.74, 6) is 1.39. The van der Waals surface area contributed by atoms with Gasteiger partial charge in [-0.05, 0) is 54.4 Å². The molecular weight excluding hydrogens is 331 g/mol. The van der Waals surface area contributed by atoms with Gasteiger partial charge in [-0.25, -0.2) is 0 Å². The highest BCUT2D eigenvalue weighted by atomic mass is 31.1. The molecule has 0 aliphatic heterocycles. The van der Waals surface area contributed by atoms with Gasteiger partial charge in [-0.1, -0.05) is 104 Å². The van der Waals surface area contributed by atoms with Gasteiger partial charge >= 0.3 is 0 Å². The van der Waals surface area contributed by atoms with E-state index in [2.05, 4.69) is 97.9 Å². The average Bonchev–Trinajstić information content (AvgIpc) is 3.19. The standard InChI is InChI=1S/C25H27P/c1-20(21-12-5-2-6-13-21)24-18-11-19-25(24)26(22-14-7-3-8-15-22)23-16-9-4-10-17-23/h2-10,12-17,20,24-25H,11,18-19H2,1H3/t20-,24?,25?/m0/s1. The van der Waals surface area contributed by atoms with E-state index >= 15 is 0 Å². The van der Waals surface area contributed by atoms with Crippen LogP contribution in [-0.2, 0) is 0 Å². The van der Waals surface area contributed by atoms with Crippen LogP contribution < -0.4 is 10.6 Å². The molecule has 0 nitrogen and oxygen atoms in total. The molecule has 0 bridgehead atoms. The minimum absolute atomic E-state index is 0.314. The fourth-order valence-corrected chi connectivity index (χ4v) is 7.87. The van der Waals surface area contributed by atoms with Gasteiger partial charge in [-0.15, -0.1) is 0 Å². The van der Waals surface area contributed by atoms with E-state index in [9.17, 15) is 0 Å². The Bertz CT molecular complexity index is 758. The minimum atomic E-state index is -0.314. The summed E-state index contributed by atoms with van der Waals surface area (Å²) in [4.78, 5) is 0. The zero-order valence-electron chi connectivity index (χ0n) is 15.5. The molecule has 1 fully saturated rings. The van der Waals surface area contributed by atoms with Crippen LogP contribution in [0.3, 0.4) is 0 Å². The molecule has 0 heterocycles. The molecule has 1 aliphatic carbocycles. The number of benzene rings is 3. The summed E-state index contributed by atoms with van der Waals surface area (Å²) in [6, 6.07) is 33.6. The number of hydrogen-bond donors (Lipinski definition) is 0. The predicted octanol–water partition coefficient (Wildman–Crippen LogP) is 6.09. The second kappa shape index (κ2) is 8.19. The van der Waals surface area contributed by atoms with E-state index < -0.39 is 0 Å². The lowest BCUT2D eigenvalue weighted by Crippen LogP contribution is -2.27. The van der Waals surface area contributed by atoms with Crippen LogP contribution in [0, 0.1) is 5.92 Å². The first-order valence-corrected chi connectivity index (χ1v) is 11.2.